The van der Waals surface area contributed by atoms with Crippen molar-refractivity contribution >= 4 is 27.4 Å². The van der Waals surface area contributed by atoms with Gasteiger partial charge in [0.15, 0.2) is 0 Å². The predicted molar refractivity (Wildman–Crippen MR) is 72.1 cm³/mol. The van der Waals surface area contributed by atoms with E-state index in [9.17, 15) is 0 Å². The van der Waals surface area contributed by atoms with Crippen molar-refractivity contribution in [3.63, 3.8) is 0 Å². The Bertz CT molecular complexity index is 498. The van der Waals surface area contributed by atoms with Gasteiger partial charge in [0.25, 0.3) is 0 Å². The molecule has 0 saturated heterocycles. The second kappa shape index (κ2) is 5.25. The van der Waals surface area contributed by atoms with Crippen molar-refractivity contribution in [1.82, 2.24) is 9.97 Å². The van der Waals surface area contributed by atoms with Gasteiger partial charge < -0.3 is 10.6 Å². The van der Waals surface area contributed by atoms with Crippen LogP contribution in [0.5, 0.6) is 0 Å². The molecule has 0 aliphatic rings. The van der Waals surface area contributed by atoms with Crippen LogP contribution in [0.4, 0.5) is 11.5 Å². The second-order valence-electron chi connectivity index (χ2n) is 3.57. The standard InChI is InChI=1S/C12H13BrN4/c1-17(10-4-2-9(13)3-5-10)12-6-7-15-11(8-14)16-12/h2-7H,8,14H2,1H3. The number of anilines is 2. The molecule has 1 heterocycles. The third-order valence-electron chi connectivity index (χ3n) is 2.43. The maximum Gasteiger partial charge on any atom is 0.144 e. The zero-order valence-corrected chi connectivity index (χ0v) is 11.1. The highest BCUT2D eigenvalue weighted by Crippen LogP contribution is 2.23. The first-order valence-corrected chi connectivity index (χ1v) is 6.01. The van der Waals surface area contributed by atoms with Crippen LogP contribution >= 0.6 is 15.9 Å². The SMILES string of the molecule is CN(c1ccc(Br)cc1)c1ccnc(CN)n1. The van der Waals surface area contributed by atoms with Gasteiger partial charge in [-0.3, -0.25) is 0 Å². The predicted octanol–water partition coefficient (Wildman–Crippen LogP) is 2.47. The molecule has 1 aromatic carbocycles. The normalized spacial score (nSPS) is 10.3. The van der Waals surface area contributed by atoms with Crippen LogP contribution in [-0.4, -0.2) is 17.0 Å². The zero-order valence-electron chi connectivity index (χ0n) is 9.47. The molecule has 2 aromatic rings. The summed E-state index contributed by atoms with van der Waals surface area (Å²) in [6.07, 6.45) is 1.72. The van der Waals surface area contributed by atoms with Crippen molar-refractivity contribution in [2.75, 3.05) is 11.9 Å². The molecule has 0 bridgehead atoms. The van der Waals surface area contributed by atoms with Gasteiger partial charge >= 0.3 is 0 Å². The Morgan fingerprint density at radius 2 is 1.94 bits per heavy atom. The highest BCUT2D eigenvalue weighted by atomic mass is 79.9. The van der Waals surface area contributed by atoms with Crippen LogP contribution in [0, 0.1) is 0 Å². The van der Waals surface area contributed by atoms with E-state index in [0.717, 1.165) is 16.0 Å². The first-order chi connectivity index (χ1) is 8.20. The summed E-state index contributed by atoms with van der Waals surface area (Å²) < 4.78 is 1.06. The summed E-state index contributed by atoms with van der Waals surface area (Å²) in [5.74, 6) is 1.48. The fourth-order valence-corrected chi connectivity index (χ4v) is 1.73. The average molecular weight is 293 g/mol. The van der Waals surface area contributed by atoms with E-state index in [1.807, 2.05) is 42.3 Å². The maximum atomic E-state index is 5.53. The number of benzene rings is 1. The van der Waals surface area contributed by atoms with Gasteiger partial charge in [0.2, 0.25) is 0 Å². The first-order valence-electron chi connectivity index (χ1n) is 5.22. The number of hydrogen-bond acceptors (Lipinski definition) is 4. The molecular weight excluding hydrogens is 280 g/mol. The number of aromatic nitrogens is 2. The molecule has 17 heavy (non-hydrogen) atoms. The maximum absolute atomic E-state index is 5.53. The molecule has 0 saturated carbocycles. The Balaban J connectivity index is 2.29. The quantitative estimate of drug-likeness (QED) is 0.944. The van der Waals surface area contributed by atoms with E-state index in [-0.39, 0.29) is 0 Å². The van der Waals surface area contributed by atoms with Crippen LogP contribution in [0.15, 0.2) is 41.0 Å². The summed E-state index contributed by atoms with van der Waals surface area (Å²) in [5, 5.41) is 0. The van der Waals surface area contributed by atoms with Gasteiger partial charge in [0.1, 0.15) is 11.6 Å². The number of halogens is 1. The van der Waals surface area contributed by atoms with Crippen LogP contribution < -0.4 is 10.6 Å². The minimum absolute atomic E-state index is 0.349. The zero-order chi connectivity index (χ0) is 12.3. The Labute approximate surface area is 109 Å². The van der Waals surface area contributed by atoms with Crippen LogP contribution in [0.25, 0.3) is 0 Å². The van der Waals surface area contributed by atoms with Gasteiger partial charge in [0, 0.05) is 23.4 Å². The lowest BCUT2D eigenvalue weighted by Gasteiger charge is -2.18. The molecular formula is C12H13BrN4. The molecule has 0 spiro atoms. The van der Waals surface area contributed by atoms with Crippen molar-refractivity contribution in [2.45, 2.75) is 6.54 Å². The van der Waals surface area contributed by atoms with Crippen LogP contribution in [0.3, 0.4) is 0 Å². The summed E-state index contributed by atoms with van der Waals surface area (Å²) in [6.45, 7) is 0.349. The van der Waals surface area contributed by atoms with E-state index < -0.39 is 0 Å². The average Bonchev–Trinajstić information content (AvgIpc) is 2.39. The van der Waals surface area contributed by atoms with E-state index in [4.69, 9.17) is 5.73 Å². The smallest absolute Gasteiger partial charge is 0.144 e. The Morgan fingerprint density at radius 1 is 1.24 bits per heavy atom. The molecule has 0 aliphatic heterocycles. The Morgan fingerprint density at radius 3 is 2.59 bits per heavy atom. The van der Waals surface area contributed by atoms with Gasteiger partial charge in [-0.15, -0.1) is 0 Å². The molecule has 88 valence electrons. The van der Waals surface area contributed by atoms with Gasteiger partial charge in [-0.25, -0.2) is 9.97 Å². The molecule has 0 atom stereocenters. The van der Waals surface area contributed by atoms with Crippen molar-refractivity contribution in [3.05, 3.63) is 46.8 Å². The number of rotatable bonds is 3. The van der Waals surface area contributed by atoms with E-state index in [0.29, 0.717) is 12.4 Å². The topological polar surface area (TPSA) is 55.0 Å². The molecule has 1 aromatic heterocycles. The van der Waals surface area contributed by atoms with E-state index in [1.165, 1.54) is 0 Å². The van der Waals surface area contributed by atoms with Crippen LogP contribution in [-0.2, 0) is 6.54 Å². The molecule has 0 fully saturated rings. The first kappa shape index (κ1) is 12.0. The molecule has 4 nitrogen and oxygen atoms in total. The number of nitrogens with two attached hydrogens (primary N) is 1. The third-order valence-corrected chi connectivity index (χ3v) is 2.96. The lowest BCUT2D eigenvalue weighted by Crippen LogP contribution is -2.13. The highest BCUT2D eigenvalue weighted by molar-refractivity contribution is 9.10. The van der Waals surface area contributed by atoms with Crippen molar-refractivity contribution in [1.29, 1.82) is 0 Å². The molecule has 0 unspecified atom stereocenters. The van der Waals surface area contributed by atoms with E-state index >= 15 is 0 Å². The van der Waals surface area contributed by atoms with Crippen molar-refractivity contribution in [3.8, 4) is 0 Å². The fraction of sp³-hybridized carbons (Fsp3) is 0.167. The fourth-order valence-electron chi connectivity index (χ4n) is 1.47. The Kier molecular flexibility index (Phi) is 3.71. The highest BCUT2D eigenvalue weighted by Gasteiger charge is 2.06. The van der Waals surface area contributed by atoms with Crippen molar-refractivity contribution < 1.29 is 0 Å². The van der Waals surface area contributed by atoms with E-state index in [2.05, 4.69) is 25.9 Å². The Hall–Kier alpha value is -1.46. The third kappa shape index (κ3) is 2.81. The summed E-state index contributed by atoms with van der Waals surface area (Å²) in [5.41, 5.74) is 6.59. The van der Waals surface area contributed by atoms with Gasteiger partial charge in [0.05, 0.1) is 6.54 Å². The molecule has 5 heteroatoms. The minimum Gasteiger partial charge on any atom is -0.329 e. The summed E-state index contributed by atoms with van der Waals surface area (Å²) in [7, 11) is 1.96. The molecule has 0 amide bonds. The summed E-state index contributed by atoms with van der Waals surface area (Å²) >= 11 is 3.41. The number of nitrogens with zero attached hydrogens (tertiary/aromatic N) is 3. The molecule has 2 N–H and O–H groups in total. The monoisotopic (exact) mass is 292 g/mol. The van der Waals surface area contributed by atoms with Gasteiger partial charge in [-0.2, -0.15) is 0 Å². The lowest BCUT2D eigenvalue weighted by molar-refractivity contribution is 0.899. The van der Waals surface area contributed by atoms with Crippen LogP contribution in [0.2, 0.25) is 0 Å². The molecule has 0 aliphatic carbocycles. The van der Waals surface area contributed by atoms with Gasteiger partial charge in [-0.05, 0) is 30.3 Å². The minimum atomic E-state index is 0.349. The lowest BCUT2D eigenvalue weighted by atomic mass is 10.3. The molecule has 0 radical (unpaired) electrons. The largest absolute Gasteiger partial charge is 0.329 e. The van der Waals surface area contributed by atoms with E-state index in [1.54, 1.807) is 6.20 Å². The number of hydrogen-bond donors (Lipinski definition) is 1. The van der Waals surface area contributed by atoms with Gasteiger partial charge in [-0.1, -0.05) is 15.9 Å². The second-order valence-corrected chi connectivity index (χ2v) is 4.49. The van der Waals surface area contributed by atoms with Crippen molar-refractivity contribution in [2.24, 2.45) is 5.73 Å². The summed E-state index contributed by atoms with van der Waals surface area (Å²) in [4.78, 5) is 10.4. The molecule has 2 rings (SSSR count). The summed E-state index contributed by atoms with van der Waals surface area (Å²) in [6, 6.07) is 9.90. The van der Waals surface area contributed by atoms with Crippen LogP contribution in [0.1, 0.15) is 5.82 Å².